The lowest BCUT2D eigenvalue weighted by molar-refractivity contribution is -0.187. The number of halogens is 3. The molecule has 2 atom stereocenters. The van der Waals surface area contributed by atoms with Crippen molar-refractivity contribution in [3.63, 3.8) is 0 Å². The minimum Gasteiger partial charge on any atom is -0.349 e. The van der Waals surface area contributed by atoms with Gasteiger partial charge in [0.15, 0.2) is 0 Å². The van der Waals surface area contributed by atoms with Gasteiger partial charge in [0, 0.05) is 24.6 Å². The summed E-state index contributed by atoms with van der Waals surface area (Å²) < 4.78 is 41.6. The van der Waals surface area contributed by atoms with E-state index in [9.17, 15) is 22.8 Å². The van der Waals surface area contributed by atoms with Crippen molar-refractivity contribution < 1.29 is 18.0 Å². The lowest BCUT2D eigenvalue weighted by atomic mass is 9.84. The zero-order chi connectivity index (χ0) is 20.6. The largest absolute Gasteiger partial charge is 0.393 e. The number of fused-ring (bicyclic) bond motifs is 2. The molecule has 1 aromatic heterocycles. The number of carbonyl (C=O) groups is 1. The molecule has 0 bridgehead atoms. The van der Waals surface area contributed by atoms with Crippen LogP contribution >= 0.6 is 0 Å². The quantitative estimate of drug-likeness (QED) is 0.819. The first-order chi connectivity index (χ1) is 13.8. The van der Waals surface area contributed by atoms with Gasteiger partial charge in [-0.1, -0.05) is 19.3 Å². The minimum atomic E-state index is -4.32. The Hall–Kier alpha value is -2.38. The van der Waals surface area contributed by atoms with E-state index in [0.717, 1.165) is 19.3 Å². The molecule has 0 unspecified atom stereocenters. The summed E-state index contributed by atoms with van der Waals surface area (Å²) in [5.41, 5.74) is 0.532. The summed E-state index contributed by atoms with van der Waals surface area (Å²) in [7, 11) is 0. The van der Waals surface area contributed by atoms with E-state index >= 15 is 0 Å². The van der Waals surface area contributed by atoms with Crippen molar-refractivity contribution in [1.29, 1.82) is 0 Å². The number of rotatable bonds is 2. The number of carbonyl (C=O) groups excluding carboxylic acids is 1. The molecule has 1 aliphatic heterocycles. The van der Waals surface area contributed by atoms with E-state index in [-0.39, 0.29) is 17.5 Å². The summed E-state index contributed by atoms with van der Waals surface area (Å²) in [6, 6.07) is 3.65. The Morgan fingerprint density at radius 2 is 1.90 bits per heavy atom. The third-order valence-corrected chi connectivity index (χ3v) is 6.08. The average Bonchev–Trinajstić information content (AvgIpc) is 2.93. The molecule has 1 amide bonds. The van der Waals surface area contributed by atoms with Crippen molar-refractivity contribution in [3.8, 4) is 0 Å². The number of amides is 1. The molecule has 2 aromatic rings. The topological polar surface area (TPSA) is 64.0 Å². The van der Waals surface area contributed by atoms with Gasteiger partial charge < -0.3 is 5.32 Å². The fourth-order valence-electron chi connectivity index (χ4n) is 4.51. The van der Waals surface area contributed by atoms with Gasteiger partial charge in [0.2, 0.25) is 0 Å². The van der Waals surface area contributed by atoms with Crippen LogP contribution in [0.2, 0.25) is 0 Å². The monoisotopic (exact) mass is 407 g/mol. The maximum atomic E-state index is 13.3. The predicted octanol–water partition coefficient (Wildman–Crippen LogP) is 3.97. The molecular formula is C21H24F3N3O2. The molecule has 5 nitrogen and oxygen atoms in total. The number of nitrogens with one attached hydrogen (secondary N) is 1. The third kappa shape index (κ3) is 4.02. The lowest BCUT2D eigenvalue weighted by Gasteiger charge is -2.33. The standard InChI is InChI=1S/C21H24F3N3O2/c22-21(23,24)15-6-3-4-7-16(15)26-19(28)13-9-10-14-17(12-13)25-18-8-2-1-5-11-27(18)20(14)29/h9-10,12,15-16H,1-8,11H2,(H,26,28)/t15-,16+/m1/s1. The first-order valence-corrected chi connectivity index (χ1v) is 10.3. The summed E-state index contributed by atoms with van der Waals surface area (Å²) >= 11 is 0. The summed E-state index contributed by atoms with van der Waals surface area (Å²) in [5.74, 6) is -1.36. The van der Waals surface area contributed by atoms with Crippen molar-refractivity contribution in [2.75, 3.05) is 0 Å². The zero-order valence-corrected chi connectivity index (χ0v) is 16.1. The predicted molar refractivity (Wildman–Crippen MR) is 103 cm³/mol. The normalized spacial score (nSPS) is 22.7. The number of aromatic nitrogens is 2. The number of hydrogen-bond acceptors (Lipinski definition) is 3. The number of aryl methyl sites for hydroxylation is 1. The van der Waals surface area contributed by atoms with Gasteiger partial charge in [0.1, 0.15) is 5.82 Å². The maximum Gasteiger partial charge on any atom is 0.393 e. The third-order valence-electron chi connectivity index (χ3n) is 6.08. The second kappa shape index (κ2) is 7.80. The van der Waals surface area contributed by atoms with Gasteiger partial charge >= 0.3 is 6.18 Å². The fraction of sp³-hybridized carbons (Fsp3) is 0.571. The Morgan fingerprint density at radius 3 is 2.69 bits per heavy atom. The van der Waals surface area contributed by atoms with Crippen molar-refractivity contribution in [1.82, 2.24) is 14.9 Å². The van der Waals surface area contributed by atoms with Crippen LogP contribution in [0.5, 0.6) is 0 Å². The van der Waals surface area contributed by atoms with E-state index < -0.39 is 24.0 Å². The molecular weight excluding hydrogens is 383 g/mol. The van der Waals surface area contributed by atoms with Crippen molar-refractivity contribution in [3.05, 3.63) is 39.9 Å². The summed E-state index contributed by atoms with van der Waals surface area (Å²) in [6.07, 6.45) is 0.848. The minimum absolute atomic E-state index is 0.0383. The van der Waals surface area contributed by atoms with Crippen LogP contribution in [0, 0.1) is 5.92 Å². The molecule has 0 spiro atoms. The van der Waals surface area contributed by atoms with Crippen molar-refractivity contribution in [2.45, 2.75) is 70.1 Å². The molecule has 29 heavy (non-hydrogen) atoms. The molecule has 1 N–H and O–H groups in total. The molecule has 156 valence electrons. The highest BCUT2D eigenvalue weighted by Crippen LogP contribution is 2.37. The molecule has 2 aliphatic rings. The SMILES string of the molecule is O=C(N[C@H]1CCCC[C@H]1C(F)(F)F)c1ccc2c(=O)n3c(nc2c1)CCCCC3. The maximum absolute atomic E-state index is 13.3. The number of alkyl halides is 3. The summed E-state index contributed by atoms with van der Waals surface area (Å²) in [6.45, 7) is 0.639. The Kier molecular flexibility index (Phi) is 5.36. The zero-order valence-electron chi connectivity index (χ0n) is 16.1. The first kappa shape index (κ1) is 19.9. The lowest BCUT2D eigenvalue weighted by Crippen LogP contribution is -2.47. The first-order valence-electron chi connectivity index (χ1n) is 10.3. The van der Waals surface area contributed by atoms with Crippen LogP contribution in [0.1, 0.15) is 61.1 Å². The van der Waals surface area contributed by atoms with Crippen LogP contribution in [0.4, 0.5) is 13.2 Å². The van der Waals surface area contributed by atoms with E-state index in [0.29, 0.717) is 49.0 Å². The van der Waals surface area contributed by atoms with E-state index in [1.165, 1.54) is 12.1 Å². The summed E-state index contributed by atoms with van der Waals surface area (Å²) in [4.78, 5) is 30.0. The smallest absolute Gasteiger partial charge is 0.349 e. The highest BCUT2D eigenvalue weighted by atomic mass is 19.4. The van der Waals surface area contributed by atoms with Crippen LogP contribution in [0.3, 0.4) is 0 Å². The summed E-state index contributed by atoms with van der Waals surface area (Å²) in [5, 5.41) is 3.00. The molecule has 1 saturated carbocycles. The molecule has 1 aliphatic carbocycles. The highest BCUT2D eigenvalue weighted by molar-refractivity contribution is 5.97. The van der Waals surface area contributed by atoms with Crippen molar-refractivity contribution in [2.24, 2.45) is 5.92 Å². The van der Waals surface area contributed by atoms with Crippen molar-refractivity contribution >= 4 is 16.8 Å². The van der Waals surface area contributed by atoms with E-state index in [4.69, 9.17) is 0 Å². The number of hydrogen-bond donors (Lipinski definition) is 1. The van der Waals surface area contributed by atoms with E-state index in [1.807, 2.05) is 0 Å². The Labute approximate surface area is 166 Å². The van der Waals surface area contributed by atoms with Gasteiger partial charge in [-0.15, -0.1) is 0 Å². The molecule has 2 heterocycles. The van der Waals surface area contributed by atoms with Crippen LogP contribution < -0.4 is 10.9 Å². The molecule has 0 radical (unpaired) electrons. The Balaban J connectivity index is 1.62. The van der Waals surface area contributed by atoms with Crippen LogP contribution in [-0.4, -0.2) is 27.7 Å². The van der Waals surface area contributed by atoms with Gasteiger partial charge in [-0.2, -0.15) is 13.2 Å². The van der Waals surface area contributed by atoms with Crippen LogP contribution in [0.15, 0.2) is 23.0 Å². The molecule has 4 rings (SSSR count). The van der Waals surface area contributed by atoms with Gasteiger partial charge in [-0.25, -0.2) is 4.98 Å². The van der Waals surface area contributed by atoms with Gasteiger partial charge in [-0.05, 0) is 43.9 Å². The highest BCUT2D eigenvalue weighted by Gasteiger charge is 2.46. The fourth-order valence-corrected chi connectivity index (χ4v) is 4.51. The Morgan fingerprint density at radius 1 is 1.10 bits per heavy atom. The second-order valence-electron chi connectivity index (χ2n) is 8.04. The second-order valence-corrected chi connectivity index (χ2v) is 8.04. The average molecular weight is 407 g/mol. The van der Waals surface area contributed by atoms with Gasteiger partial charge in [0.25, 0.3) is 11.5 Å². The van der Waals surface area contributed by atoms with Gasteiger partial charge in [0.05, 0.1) is 16.8 Å². The molecule has 8 heteroatoms. The molecule has 0 saturated heterocycles. The van der Waals surface area contributed by atoms with Crippen LogP contribution in [-0.2, 0) is 13.0 Å². The Bertz CT molecular complexity index is 984. The molecule has 1 aromatic carbocycles. The van der Waals surface area contributed by atoms with E-state index in [2.05, 4.69) is 10.3 Å². The number of nitrogens with zero attached hydrogens (tertiary/aromatic N) is 2. The van der Waals surface area contributed by atoms with E-state index in [1.54, 1.807) is 10.6 Å². The van der Waals surface area contributed by atoms with Crippen LogP contribution in [0.25, 0.3) is 10.9 Å². The van der Waals surface area contributed by atoms with Gasteiger partial charge in [-0.3, -0.25) is 14.2 Å². The molecule has 1 fully saturated rings. The number of benzene rings is 1.